The lowest BCUT2D eigenvalue weighted by Crippen LogP contribution is -2.59. The maximum Gasteiger partial charge on any atom is 0.315 e. The Hall–Kier alpha value is -0.420. The van der Waals surface area contributed by atoms with Crippen molar-refractivity contribution >= 4 is 0 Å². The van der Waals surface area contributed by atoms with Crippen LogP contribution in [0.25, 0.3) is 0 Å². The van der Waals surface area contributed by atoms with Crippen LogP contribution in [0.4, 0.5) is 26.3 Å². The van der Waals surface area contributed by atoms with Crippen LogP contribution < -0.4 is 0 Å². The Morgan fingerprint density at radius 2 is 1.54 bits per heavy atom. The van der Waals surface area contributed by atoms with Crippen molar-refractivity contribution < 1.29 is 26.3 Å². The molecule has 6 heteroatoms. The second-order valence-corrected chi connectivity index (χ2v) is 2.65. The lowest BCUT2D eigenvalue weighted by Gasteiger charge is -2.42. The molecule has 0 aromatic carbocycles. The number of halogens is 6. The molecule has 0 aromatic rings. The van der Waals surface area contributed by atoms with Gasteiger partial charge in [0.1, 0.15) is 0 Å². The van der Waals surface area contributed by atoms with Crippen molar-refractivity contribution in [2.24, 2.45) is 5.92 Å². The second kappa shape index (κ2) is 4.19. The summed E-state index contributed by atoms with van der Waals surface area (Å²) >= 11 is 0. The zero-order valence-corrected chi connectivity index (χ0v) is 6.97. The summed E-state index contributed by atoms with van der Waals surface area (Å²) < 4.78 is 69.4. The first kappa shape index (κ1) is 12.6. The Morgan fingerprint density at radius 1 is 1.15 bits per heavy atom. The summed E-state index contributed by atoms with van der Waals surface area (Å²) in [5.41, 5.74) is 0. The summed E-state index contributed by atoms with van der Waals surface area (Å²) in [7, 11) is 0. The number of hydrogen-bond acceptors (Lipinski definition) is 0. The van der Waals surface area contributed by atoms with E-state index in [1.165, 1.54) is 6.92 Å². The third-order valence-electron chi connectivity index (χ3n) is 1.69. The van der Waals surface area contributed by atoms with E-state index >= 15 is 0 Å². The monoisotopic (exact) mass is 208 g/mol. The molecule has 80 valence electrons. The largest absolute Gasteiger partial charge is 0.315 e. The van der Waals surface area contributed by atoms with E-state index in [9.17, 15) is 26.3 Å². The average molecular weight is 208 g/mol. The van der Waals surface area contributed by atoms with Gasteiger partial charge in [0.2, 0.25) is 0 Å². The smallest absolute Gasteiger partial charge is 0.251 e. The summed E-state index contributed by atoms with van der Waals surface area (Å²) in [5.74, 6) is -9.88. The Balaban J connectivity index is 0.000000424. The molecular weight excluding hydrogens is 198 g/mol. The van der Waals surface area contributed by atoms with Crippen LogP contribution in [0.2, 0.25) is 0 Å². The number of alkyl halides is 6. The topological polar surface area (TPSA) is 0 Å². The van der Waals surface area contributed by atoms with Crippen LogP contribution in [0.1, 0.15) is 13.3 Å². The van der Waals surface area contributed by atoms with Gasteiger partial charge in [0.05, 0.1) is 19.3 Å². The van der Waals surface area contributed by atoms with Crippen molar-refractivity contribution in [3.8, 4) is 0 Å². The van der Waals surface area contributed by atoms with Crippen molar-refractivity contribution in [2.75, 3.05) is 13.3 Å². The van der Waals surface area contributed by atoms with Crippen molar-refractivity contribution in [3.05, 3.63) is 0 Å². The van der Waals surface area contributed by atoms with Gasteiger partial charge in [-0.15, -0.1) is 0 Å². The Kier molecular flexibility index (Phi) is 4.06. The third-order valence-corrected chi connectivity index (χ3v) is 1.69. The summed E-state index contributed by atoms with van der Waals surface area (Å²) in [6.07, 6.45) is -1.03. The molecule has 1 aliphatic carbocycles. The van der Waals surface area contributed by atoms with Crippen molar-refractivity contribution in [1.82, 2.24) is 0 Å². The van der Waals surface area contributed by atoms with Crippen LogP contribution in [0.15, 0.2) is 0 Å². The molecule has 0 bridgehead atoms. The van der Waals surface area contributed by atoms with Crippen LogP contribution in [-0.4, -0.2) is 25.2 Å². The lowest BCUT2D eigenvalue weighted by atomic mass is 9.78. The SMILES string of the molecule is CCF.FCC1CC(F)(F)C1(F)F. The standard InChI is InChI=1S/C5H5F5.C2H5F/c6-2-3-1-4(7,8)5(3,9)10;1-2-3/h3H,1-2H2;2H2,1H3. The molecule has 0 aliphatic heterocycles. The predicted octanol–water partition coefficient (Wildman–Crippen LogP) is 3.22. The highest BCUT2D eigenvalue weighted by molar-refractivity contribution is 5.02. The van der Waals surface area contributed by atoms with Gasteiger partial charge >= 0.3 is 11.8 Å². The molecule has 1 atom stereocenters. The van der Waals surface area contributed by atoms with Gasteiger partial charge in [-0.3, -0.25) is 8.78 Å². The van der Waals surface area contributed by atoms with Gasteiger partial charge < -0.3 is 0 Å². The highest BCUT2D eigenvalue weighted by Crippen LogP contribution is 2.55. The first-order valence-electron chi connectivity index (χ1n) is 3.71. The van der Waals surface area contributed by atoms with Crippen molar-refractivity contribution in [3.63, 3.8) is 0 Å². The molecule has 0 amide bonds. The first-order chi connectivity index (χ1) is 5.83. The van der Waals surface area contributed by atoms with E-state index in [0.717, 1.165) is 0 Å². The zero-order chi connectivity index (χ0) is 10.7. The van der Waals surface area contributed by atoms with Gasteiger partial charge in [0.25, 0.3) is 0 Å². The summed E-state index contributed by atoms with van der Waals surface area (Å²) in [4.78, 5) is 0. The van der Waals surface area contributed by atoms with Gasteiger partial charge in [0.15, 0.2) is 0 Å². The van der Waals surface area contributed by atoms with E-state index < -0.39 is 30.9 Å². The third kappa shape index (κ3) is 2.28. The van der Waals surface area contributed by atoms with Gasteiger partial charge in [-0.1, -0.05) is 0 Å². The fourth-order valence-electron chi connectivity index (χ4n) is 0.893. The molecule has 1 rings (SSSR count). The number of rotatable bonds is 1. The quantitative estimate of drug-likeness (QED) is 0.580. The maximum absolute atomic E-state index is 12.0. The van der Waals surface area contributed by atoms with Gasteiger partial charge in [-0.05, 0) is 6.92 Å². The minimum atomic E-state index is -4.12. The molecule has 0 nitrogen and oxygen atoms in total. The summed E-state index contributed by atoms with van der Waals surface area (Å²) in [6, 6.07) is 0. The fraction of sp³-hybridized carbons (Fsp3) is 1.00. The highest BCUT2D eigenvalue weighted by atomic mass is 19.3. The van der Waals surface area contributed by atoms with Gasteiger partial charge in [-0.25, -0.2) is 0 Å². The van der Waals surface area contributed by atoms with E-state index in [0.29, 0.717) is 0 Å². The van der Waals surface area contributed by atoms with E-state index in [1.807, 2.05) is 0 Å². The highest BCUT2D eigenvalue weighted by Gasteiger charge is 2.71. The summed E-state index contributed by atoms with van der Waals surface area (Å²) in [5, 5.41) is 0. The normalized spacial score (nSPS) is 28.4. The Labute approximate surface area is 71.9 Å². The minimum absolute atomic E-state index is 0.250. The molecular formula is C7H10F6. The molecule has 13 heavy (non-hydrogen) atoms. The molecule has 0 saturated heterocycles. The molecule has 0 radical (unpaired) electrons. The summed E-state index contributed by atoms with van der Waals surface area (Å²) in [6.45, 7) is -0.164. The van der Waals surface area contributed by atoms with Crippen molar-refractivity contribution in [1.29, 1.82) is 0 Å². The molecule has 1 fully saturated rings. The molecule has 0 N–H and O–H groups in total. The molecule has 0 spiro atoms. The van der Waals surface area contributed by atoms with Gasteiger partial charge in [-0.2, -0.15) is 17.6 Å². The lowest BCUT2D eigenvalue weighted by molar-refractivity contribution is -0.315. The average Bonchev–Trinajstić information content (AvgIpc) is 2.01. The van der Waals surface area contributed by atoms with Crippen LogP contribution in [0, 0.1) is 5.92 Å². The molecule has 1 unspecified atom stereocenters. The van der Waals surface area contributed by atoms with E-state index in [-0.39, 0.29) is 6.67 Å². The molecule has 0 aromatic heterocycles. The van der Waals surface area contributed by atoms with Crippen LogP contribution >= 0.6 is 0 Å². The number of hydrogen-bond donors (Lipinski definition) is 0. The Bertz CT molecular complexity index is 155. The zero-order valence-electron chi connectivity index (χ0n) is 6.97. The van der Waals surface area contributed by atoms with Gasteiger partial charge in [0, 0.05) is 6.42 Å². The first-order valence-corrected chi connectivity index (χ1v) is 3.71. The second-order valence-electron chi connectivity index (χ2n) is 2.65. The predicted molar refractivity (Wildman–Crippen MR) is 35.6 cm³/mol. The molecule has 1 aliphatic rings. The van der Waals surface area contributed by atoms with Crippen LogP contribution in [-0.2, 0) is 0 Å². The van der Waals surface area contributed by atoms with E-state index in [4.69, 9.17) is 0 Å². The maximum atomic E-state index is 12.0. The fourth-order valence-corrected chi connectivity index (χ4v) is 0.893. The van der Waals surface area contributed by atoms with Crippen molar-refractivity contribution in [2.45, 2.75) is 25.2 Å². The van der Waals surface area contributed by atoms with E-state index in [1.54, 1.807) is 0 Å². The van der Waals surface area contributed by atoms with Crippen LogP contribution in [0.3, 0.4) is 0 Å². The molecule has 0 heterocycles. The molecule has 1 saturated carbocycles. The Morgan fingerprint density at radius 3 is 1.62 bits per heavy atom. The van der Waals surface area contributed by atoms with E-state index in [2.05, 4.69) is 0 Å². The van der Waals surface area contributed by atoms with Crippen LogP contribution in [0.5, 0.6) is 0 Å². The minimum Gasteiger partial charge on any atom is -0.251 e.